The summed E-state index contributed by atoms with van der Waals surface area (Å²) in [6, 6.07) is 0.727. The average Bonchev–Trinajstić information content (AvgIpc) is 2.91. The molecule has 1 N–H and O–H groups in total. The van der Waals surface area contributed by atoms with Crippen LogP contribution in [0.15, 0.2) is 0 Å². The fraction of sp³-hybridized carbons (Fsp3) is 1.00. The number of likely N-dealkylation sites (N-methyl/N-ethyl adjacent to an activating group) is 1. The van der Waals surface area contributed by atoms with E-state index in [0.29, 0.717) is 5.54 Å². The molecule has 112 valence electrons. The molecule has 0 aliphatic heterocycles. The Balaban J connectivity index is 2.13. The summed E-state index contributed by atoms with van der Waals surface area (Å²) < 4.78 is 0. The van der Waals surface area contributed by atoms with Gasteiger partial charge >= 0.3 is 0 Å². The first-order chi connectivity index (χ1) is 9.20. The van der Waals surface area contributed by atoms with Crippen LogP contribution in [0.3, 0.4) is 0 Å². The van der Waals surface area contributed by atoms with Crippen LogP contribution in [-0.4, -0.2) is 37.1 Å². The van der Waals surface area contributed by atoms with Crippen molar-refractivity contribution in [3.05, 3.63) is 0 Å². The van der Waals surface area contributed by atoms with E-state index in [4.69, 9.17) is 0 Å². The van der Waals surface area contributed by atoms with Crippen LogP contribution in [0.2, 0.25) is 0 Å². The molecule has 0 heterocycles. The minimum Gasteiger partial charge on any atom is -0.312 e. The van der Waals surface area contributed by atoms with E-state index >= 15 is 0 Å². The van der Waals surface area contributed by atoms with E-state index in [0.717, 1.165) is 12.0 Å². The quantitative estimate of drug-likeness (QED) is 0.786. The lowest BCUT2D eigenvalue weighted by Gasteiger charge is -2.48. The number of nitrogens with zero attached hydrogens (tertiary/aromatic N) is 1. The van der Waals surface area contributed by atoms with Gasteiger partial charge in [0.2, 0.25) is 0 Å². The molecule has 0 aromatic carbocycles. The van der Waals surface area contributed by atoms with E-state index in [-0.39, 0.29) is 0 Å². The zero-order valence-electron chi connectivity index (χ0n) is 13.4. The summed E-state index contributed by atoms with van der Waals surface area (Å²) in [7, 11) is 4.63. The Labute approximate surface area is 120 Å². The largest absolute Gasteiger partial charge is 0.312 e. The second-order valence-corrected chi connectivity index (χ2v) is 7.03. The summed E-state index contributed by atoms with van der Waals surface area (Å²) in [4.78, 5) is 2.56. The van der Waals surface area contributed by atoms with Crippen molar-refractivity contribution in [3.63, 3.8) is 0 Å². The van der Waals surface area contributed by atoms with Gasteiger partial charge in [0.25, 0.3) is 0 Å². The first-order valence-electron chi connectivity index (χ1n) is 8.61. The Hall–Kier alpha value is -0.0800. The van der Waals surface area contributed by atoms with Crippen LogP contribution in [-0.2, 0) is 0 Å². The second kappa shape index (κ2) is 7.08. The molecule has 19 heavy (non-hydrogen) atoms. The molecule has 2 fully saturated rings. The van der Waals surface area contributed by atoms with Crippen molar-refractivity contribution in [3.8, 4) is 0 Å². The van der Waals surface area contributed by atoms with E-state index < -0.39 is 0 Å². The summed E-state index contributed by atoms with van der Waals surface area (Å²) in [5.74, 6) is 0.917. The molecule has 2 rings (SSSR count). The lowest BCUT2D eigenvalue weighted by Crippen LogP contribution is -2.60. The molecule has 2 nitrogen and oxygen atoms in total. The molecular weight excluding hydrogens is 232 g/mol. The third-order valence-corrected chi connectivity index (χ3v) is 5.67. The van der Waals surface area contributed by atoms with Gasteiger partial charge in [-0.15, -0.1) is 0 Å². The van der Waals surface area contributed by atoms with Crippen LogP contribution in [0.5, 0.6) is 0 Å². The molecule has 0 bridgehead atoms. The minimum atomic E-state index is 0.442. The van der Waals surface area contributed by atoms with Crippen LogP contribution >= 0.6 is 0 Å². The van der Waals surface area contributed by atoms with Crippen molar-refractivity contribution >= 4 is 0 Å². The van der Waals surface area contributed by atoms with Crippen molar-refractivity contribution in [2.75, 3.05) is 20.6 Å². The fourth-order valence-electron chi connectivity index (χ4n) is 4.59. The van der Waals surface area contributed by atoms with E-state index in [1.165, 1.54) is 70.8 Å². The highest BCUT2D eigenvalue weighted by Gasteiger charge is 2.46. The molecule has 2 aliphatic carbocycles. The van der Waals surface area contributed by atoms with Gasteiger partial charge in [-0.25, -0.2) is 0 Å². The summed E-state index contributed by atoms with van der Waals surface area (Å²) in [5.41, 5.74) is 0.442. The molecular formula is C17H34N2. The first-order valence-corrected chi connectivity index (χ1v) is 8.61. The summed E-state index contributed by atoms with van der Waals surface area (Å²) in [6.45, 7) is 3.48. The van der Waals surface area contributed by atoms with Gasteiger partial charge in [-0.3, -0.25) is 0 Å². The zero-order chi connectivity index (χ0) is 13.7. The van der Waals surface area contributed by atoms with Crippen molar-refractivity contribution in [1.82, 2.24) is 10.2 Å². The van der Waals surface area contributed by atoms with E-state index in [1.54, 1.807) is 0 Å². The zero-order valence-corrected chi connectivity index (χ0v) is 13.4. The molecule has 0 radical (unpaired) electrons. The number of hydrogen-bond acceptors (Lipinski definition) is 2. The van der Waals surface area contributed by atoms with Crippen LogP contribution in [0.1, 0.15) is 71.1 Å². The highest BCUT2D eigenvalue weighted by Crippen LogP contribution is 2.42. The van der Waals surface area contributed by atoms with Crippen molar-refractivity contribution in [2.45, 2.75) is 82.7 Å². The maximum atomic E-state index is 3.96. The second-order valence-electron chi connectivity index (χ2n) is 7.03. The van der Waals surface area contributed by atoms with E-state index in [1.807, 2.05) is 0 Å². The van der Waals surface area contributed by atoms with Gasteiger partial charge < -0.3 is 10.2 Å². The predicted octanol–water partition coefficient (Wildman–Crippen LogP) is 3.81. The molecule has 0 amide bonds. The van der Waals surface area contributed by atoms with E-state index in [9.17, 15) is 0 Å². The van der Waals surface area contributed by atoms with Crippen molar-refractivity contribution in [1.29, 1.82) is 0 Å². The average molecular weight is 266 g/mol. The standard InChI is InChI=1S/C17H34N2/c1-4-14-18-16(15-10-6-5-7-11-15)17(19(2)3)12-8-9-13-17/h15-16,18H,4-14H2,1-3H3. The summed E-state index contributed by atoms with van der Waals surface area (Å²) in [5, 5.41) is 3.96. The minimum absolute atomic E-state index is 0.442. The molecule has 2 aliphatic rings. The molecule has 2 saturated carbocycles. The van der Waals surface area contributed by atoms with E-state index in [2.05, 4.69) is 31.2 Å². The highest BCUT2D eigenvalue weighted by molar-refractivity contribution is 5.04. The van der Waals surface area contributed by atoms with Gasteiger partial charge in [0.1, 0.15) is 0 Å². The summed E-state index contributed by atoms with van der Waals surface area (Å²) in [6.07, 6.45) is 14.2. The third-order valence-electron chi connectivity index (χ3n) is 5.67. The van der Waals surface area contributed by atoms with Gasteiger partial charge in [0.05, 0.1) is 0 Å². The molecule has 0 spiro atoms. The van der Waals surface area contributed by atoms with Gasteiger partial charge in [-0.1, -0.05) is 39.0 Å². The molecule has 1 unspecified atom stereocenters. The van der Waals surface area contributed by atoms with Gasteiger partial charge in [-0.05, 0) is 58.7 Å². The Morgan fingerprint density at radius 1 is 1.05 bits per heavy atom. The molecule has 0 aromatic rings. The van der Waals surface area contributed by atoms with Gasteiger partial charge in [0.15, 0.2) is 0 Å². The smallest absolute Gasteiger partial charge is 0.0359 e. The molecule has 2 heteroatoms. The molecule has 0 saturated heterocycles. The predicted molar refractivity (Wildman–Crippen MR) is 83.5 cm³/mol. The van der Waals surface area contributed by atoms with Crippen molar-refractivity contribution < 1.29 is 0 Å². The summed E-state index contributed by atoms with van der Waals surface area (Å²) >= 11 is 0. The highest BCUT2D eigenvalue weighted by atomic mass is 15.2. The SMILES string of the molecule is CCCNC(C1CCCCC1)C1(N(C)C)CCCC1. The number of rotatable bonds is 6. The fourth-order valence-corrected chi connectivity index (χ4v) is 4.59. The normalized spacial score (nSPS) is 25.9. The van der Waals surface area contributed by atoms with Crippen LogP contribution < -0.4 is 5.32 Å². The Morgan fingerprint density at radius 2 is 1.68 bits per heavy atom. The Bertz CT molecular complexity index is 250. The van der Waals surface area contributed by atoms with Crippen LogP contribution in [0.4, 0.5) is 0 Å². The first kappa shape index (κ1) is 15.3. The number of nitrogens with one attached hydrogen (secondary N) is 1. The number of hydrogen-bond donors (Lipinski definition) is 1. The molecule has 0 aromatic heterocycles. The Morgan fingerprint density at radius 3 is 2.21 bits per heavy atom. The lowest BCUT2D eigenvalue weighted by molar-refractivity contribution is 0.0612. The Kier molecular flexibility index (Phi) is 5.70. The van der Waals surface area contributed by atoms with Gasteiger partial charge in [-0.2, -0.15) is 0 Å². The molecule has 1 atom stereocenters. The van der Waals surface area contributed by atoms with Gasteiger partial charge in [0, 0.05) is 11.6 Å². The van der Waals surface area contributed by atoms with Crippen molar-refractivity contribution in [2.24, 2.45) is 5.92 Å². The maximum absolute atomic E-state index is 3.96. The third kappa shape index (κ3) is 3.33. The maximum Gasteiger partial charge on any atom is 0.0359 e. The van der Waals surface area contributed by atoms with Crippen LogP contribution in [0, 0.1) is 5.92 Å². The lowest BCUT2D eigenvalue weighted by atomic mass is 9.73. The van der Waals surface area contributed by atoms with Crippen LogP contribution in [0.25, 0.3) is 0 Å². The topological polar surface area (TPSA) is 15.3 Å². The monoisotopic (exact) mass is 266 g/mol.